The number of hydrogen-bond acceptors (Lipinski definition) is 2. The number of Topliss-reactive ketones (excluding diaryl/α,β-unsaturated/α-hetero) is 1. The van der Waals surface area contributed by atoms with E-state index in [0.29, 0.717) is 18.7 Å². The summed E-state index contributed by atoms with van der Waals surface area (Å²) in [5.74, 6) is 0.306. The van der Waals surface area contributed by atoms with Crippen LogP contribution in [0, 0.1) is 0 Å². The van der Waals surface area contributed by atoms with Gasteiger partial charge in [0.1, 0.15) is 0 Å². The third kappa shape index (κ3) is 3.79. The first-order chi connectivity index (χ1) is 10.3. The first kappa shape index (κ1) is 14.0. The van der Waals surface area contributed by atoms with Crippen LogP contribution in [0.3, 0.4) is 0 Å². The van der Waals surface area contributed by atoms with Crippen molar-refractivity contribution in [2.24, 2.45) is 0 Å². The van der Waals surface area contributed by atoms with Gasteiger partial charge in [-0.15, -0.1) is 0 Å². The minimum atomic E-state index is 0.306. The zero-order chi connectivity index (χ0) is 14.5. The molecule has 0 saturated carbocycles. The van der Waals surface area contributed by atoms with Crippen molar-refractivity contribution >= 4 is 5.78 Å². The van der Waals surface area contributed by atoms with E-state index in [9.17, 15) is 4.79 Å². The van der Waals surface area contributed by atoms with Crippen molar-refractivity contribution in [2.45, 2.75) is 25.8 Å². The number of fused-ring (bicyclic) bond motifs is 1. The molecule has 0 fully saturated rings. The lowest BCUT2D eigenvalue weighted by molar-refractivity contribution is -0.119. The van der Waals surface area contributed by atoms with E-state index in [1.807, 2.05) is 30.3 Å². The summed E-state index contributed by atoms with van der Waals surface area (Å²) in [6, 6.07) is 18.6. The molecule has 3 rings (SSSR count). The lowest BCUT2D eigenvalue weighted by Gasteiger charge is -2.19. The summed E-state index contributed by atoms with van der Waals surface area (Å²) < 4.78 is 0. The zero-order valence-electron chi connectivity index (χ0n) is 12.3. The van der Waals surface area contributed by atoms with Crippen LogP contribution in [0.1, 0.15) is 23.1 Å². The quantitative estimate of drug-likeness (QED) is 0.856. The van der Waals surface area contributed by atoms with E-state index in [1.165, 1.54) is 11.1 Å². The number of hydrogen-bond donors (Lipinski definition) is 0. The molecule has 0 unspecified atom stereocenters. The Balaban J connectivity index is 1.61. The molecule has 1 aliphatic heterocycles. The van der Waals surface area contributed by atoms with Crippen LogP contribution in [0.2, 0.25) is 0 Å². The molecule has 1 aliphatic rings. The monoisotopic (exact) mass is 279 g/mol. The first-order valence-corrected chi connectivity index (χ1v) is 7.66. The Hall–Kier alpha value is -1.93. The van der Waals surface area contributed by atoms with Crippen LogP contribution < -0.4 is 0 Å². The van der Waals surface area contributed by atoms with Gasteiger partial charge in [0.25, 0.3) is 0 Å². The number of carbonyl (C=O) groups is 1. The highest BCUT2D eigenvalue weighted by molar-refractivity contribution is 5.82. The van der Waals surface area contributed by atoms with Crippen LogP contribution in [0.15, 0.2) is 54.6 Å². The molecule has 21 heavy (non-hydrogen) atoms. The van der Waals surface area contributed by atoms with E-state index < -0.39 is 0 Å². The second-order valence-corrected chi connectivity index (χ2v) is 5.78. The van der Waals surface area contributed by atoms with Crippen molar-refractivity contribution < 1.29 is 4.79 Å². The van der Waals surface area contributed by atoms with Crippen molar-refractivity contribution in [3.63, 3.8) is 0 Å². The topological polar surface area (TPSA) is 20.3 Å². The average Bonchev–Trinajstić information content (AvgIpc) is 2.69. The Kier molecular flexibility index (Phi) is 4.46. The van der Waals surface area contributed by atoms with Crippen molar-refractivity contribution in [3.8, 4) is 0 Å². The fraction of sp³-hybridized carbons (Fsp3) is 0.316. The maximum absolute atomic E-state index is 12.3. The van der Waals surface area contributed by atoms with Crippen LogP contribution >= 0.6 is 0 Å². The van der Waals surface area contributed by atoms with Crippen molar-refractivity contribution in [3.05, 3.63) is 71.3 Å². The highest BCUT2D eigenvalue weighted by atomic mass is 16.1. The van der Waals surface area contributed by atoms with E-state index in [0.717, 1.165) is 31.5 Å². The largest absolute Gasteiger partial charge is 0.298 e. The second-order valence-electron chi connectivity index (χ2n) is 5.78. The van der Waals surface area contributed by atoms with E-state index in [4.69, 9.17) is 0 Å². The molecule has 0 aliphatic carbocycles. The van der Waals surface area contributed by atoms with Crippen molar-refractivity contribution in [1.82, 2.24) is 4.90 Å². The van der Waals surface area contributed by atoms with Crippen LogP contribution in [-0.2, 0) is 24.2 Å². The highest BCUT2D eigenvalue weighted by Crippen LogP contribution is 2.18. The van der Waals surface area contributed by atoms with Gasteiger partial charge in [0.2, 0.25) is 0 Å². The molecule has 108 valence electrons. The predicted molar refractivity (Wildman–Crippen MR) is 85.2 cm³/mol. The number of aryl methyl sites for hydroxylation is 1. The fourth-order valence-corrected chi connectivity index (χ4v) is 3.03. The van der Waals surface area contributed by atoms with Gasteiger partial charge in [-0.05, 0) is 36.1 Å². The number of nitrogens with zero attached hydrogens (tertiary/aromatic N) is 1. The summed E-state index contributed by atoms with van der Waals surface area (Å²) in [6.07, 6.45) is 2.80. The van der Waals surface area contributed by atoms with Gasteiger partial charge in [0.15, 0.2) is 5.78 Å². The standard InChI is InChI=1S/C19H21NO/c21-19(13-16-7-2-1-3-8-16)15-20-12-6-11-17-9-4-5-10-18(17)14-20/h1-5,7-10H,6,11-15H2. The Morgan fingerprint density at radius 1 is 0.952 bits per heavy atom. The fourth-order valence-electron chi connectivity index (χ4n) is 3.03. The molecule has 0 spiro atoms. The molecule has 2 heteroatoms. The van der Waals surface area contributed by atoms with Gasteiger partial charge in [-0.3, -0.25) is 9.69 Å². The maximum atomic E-state index is 12.3. The minimum absolute atomic E-state index is 0.306. The van der Waals surface area contributed by atoms with Crippen molar-refractivity contribution in [2.75, 3.05) is 13.1 Å². The lowest BCUT2D eigenvalue weighted by Crippen LogP contribution is -2.30. The van der Waals surface area contributed by atoms with Gasteiger partial charge >= 0.3 is 0 Å². The molecule has 2 aromatic rings. The normalized spacial score (nSPS) is 15.2. The van der Waals surface area contributed by atoms with Gasteiger partial charge < -0.3 is 0 Å². The number of rotatable bonds is 4. The second kappa shape index (κ2) is 6.68. The summed E-state index contributed by atoms with van der Waals surface area (Å²) in [5.41, 5.74) is 3.93. The van der Waals surface area contributed by atoms with E-state index in [2.05, 4.69) is 29.2 Å². The molecular weight excluding hydrogens is 258 g/mol. The number of ketones is 1. The molecule has 0 bridgehead atoms. The smallest absolute Gasteiger partial charge is 0.151 e. The summed E-state index contributed by atoms with van der Waals surface area (Å²) in [6.45, 7) is 2.47. The van der Waals surface area contributed by atoms with Crippen LogP contribution in [-0.4, -0.2) is 23.8 Å². The zero-order valence-corrected chi connectivity index (χ0v) is 12.3. The van der Waals surface area contributed by atoms with Crippen LogP contribution in [0.4, 0.5) is 0 Å². The van der Waals surface area contributed by atoms with Crippen molar-refractivity contribution in [1.29, 1.82) is 0 Å². The van der Waals surface area contributed by atoms with Gasteiger partial charge in [0, 0.05) is 13.0 Å². The minimum Gasteiger partial charge on any atom is -0.298 e. The molecule has 0 N–H and O–H groups in total. The van der Waals surface area contributed by atoms with E-state index >= 15 is 0 Å². The third-order valence-corrected chi connectivity index (χ3v) is 4.08. The van der Waals surface area contributed by atoms with Gasteiger partial charge in [0.05, 0.1) is 6.54 Å². The molecule has 0 radical (unpaired) electrons. The van der Waals surface area contributed by atoms with Gasteiger partial charge in [-0.2, -0.15) is 0 Å². The Morgan fingerprint density at radius 3 is 2.48 bits per heavy atom. The SMILES string of the molecule is O=C(Cc1ccccc1)CN1CCCc2ccccc2C1. The summed E-state index contributed by atoms with van der Waals surface area (Å²) >= 11 is 0. The summed E-state index contributed by atoms with van der Waals surface area (Å²) in [5, 5.41) is 0. The molecule has 0 aromatic heterocycles. The summed E-state index contributed by atoms with van der Waals surface area (Å²) in [7, 11) is 0. The van der Waals surface area contributed by atoms with E-state index in [-0.39, 0.29) is 0 Å². The average molecular weight is 279 g/mol. The highest BCUT2D eigenvalue weighted by Gasteiger charge is 2.16. The van der Waals surface area contributed by atoms with E-state index in [1.54, 1.807) is 0 Å². The Labute approximate surface area is 126 Å². The maximum Gasteiger partial charge on any atom is 0.151 e. The molecular formula is C19H21NO. The Morgan fingerprint density at radius 2 is 1.67 bits per heavy atom. The van der Waals surface area contributed by atoms with Gasteiger partial charge in [-0.25, -0.2) is 0 Å². The molecule has 0 saturated heterocycles. The number of benzene rings is 2. The van der Waals surface area contributed by atoms with Crippen LogP contribution in [0.25, 0.3) is 0 Å². The molecule has 0 atom stereocenters. The van der Waals surface area contributed by atoms with Crippen LogP contribution in [0.5, 0.6) is 0 Å². The summed E-state index contributed by atoms with van der Waals surface area (Å²) in [4.78, 5) is 14.6. The number of carbonyl (C=O) groups excluding carboxylic acids is 1. The lowest BCUT2D eigenvalue weighted by atomic mass is 10.0. The predicted octanol–water partition coefficient (Wildman–Crippen LogP) is 3.25. The molecule has 0 amide bonds. The van der Waals surface area contributed by atoms with Gasteiger partial charge in [-0.1, -0.05) is 54.6 Å². The molecule has 2 aromatic carbocycles. The Bertz CT molecular complexity index is 606. The molecule has 1 heterocycles. The molecule has 2 nitrogen and oxygen atoms in total. The third-order valence-electron chi connectivity index (χ3n) is 4.08. The first-order valence-electron chi connectivity index (χ1n) is 7.66.